The standard InChI is InChI=1S/C13H17ClN2/c1-9(5-6-15)10-3-4-13-11(7-10)12(14)8-16(13)2/h3-4,7-9H,5-6,15H2,1-2H3. The lowest BCUT2D eigenvalue weighted by Crippen LogP contribution is -2.04. The molecule has 0 radical (unpaired) electrons. The van der Waals surface area contributed by atoms with Crippen LogP contribution in [0, 0.1) is 0 Å². The molecule has 2 N–H and O–H groups in total. The van der Waals surface area contributed by atoms with Crippen molar-refractivity contribution in [3.05, 3.63) is 35.0 Å². The average Bonchev–Trinajstić information content (AvgIpc) is 2.55. The molecule has 0 fully saturated rings. The predicted molar refractivity (Wildman–Crippen MR) is 70.0 cm³/mol. The van der Waals surface area contributed by atoms with Crippen molar-refractivity contribution in [3.63, 3.8) is 0 Å². The molecule has 0 spiro atoms. The van der Waals surface area contributed by atoms with E-state index in [0.717, 1.165) is 23.4 Å². The highest BCUT2D eigenvalue weighted by Gasteiger charge is 2.09. The van der Waals surface area contributed by atoms with Crippen molar-refractivity contribution >= 4 is 22.5 Å². The Bertz CT molecular complexity index is 502. The van der Waals surface area contributed by atoms with Crippen molar-refractivity contribution in [2.45, 2.75) is 19.3 Å². The Morgan fingerprint density at radius 2 is 2.19 bits per heavy atom. The van der Waals surface area contributed by atoms with Crippen molar-refractivity contribution in [1.82, 2.24) is 4.57 Å². The van der Waals surface area contributed by atoms with Gasteiger partial charge in [0.05, 0.1) is 5.02 Å². The first-order valence-electron chi connectivity index (χ1n) is 5.58. The van der Waals surface area contributed by atoms with Gasteiger partial charge in [-0.3, -0.25) is 0 Å². The Kier molecular flexibility index (Phi) is 3.22. The summed E-state index contributed by atoms with van der Waals surface area (Å²) in [6.07, 6.45) is 2.96. The molecule has 2 nitrogen and oxygen atoms in total. The van der Waals surface area contributed by atoms with Crippen LogP contribution in [0.1, 0.15) is 24.8 Å². The van der Waals surface area contributed by atoms with Crippen molar-refractivity contribution in [2.24, 2.45) is 12.8 Å². The number of aryl methyl sites for hydroxylation is 1. The van der Waals surface area contributed by atoms with Crippen molar-refractivity contribution in [1.29, 1.82) is 0 Å². The van der Waals surface area contributed by atoms with Gasteiger partial charge in [-0.25, -0.2) is 0 Å². The molecule has 1 unspecified atom stereocenters. The van der Waals surface area contributed by atoms with E-state index in [0.29, 0.717) is 5.92 Å². The van der Waals surface area contributed by atoms with E-state index in [1.54, 1.807) is 0 Å². The van der Waals surface area contributed by atoms with E-state index in [4.69, 9.17) is 17.3 Å². The minimum Gasteiger partial charge on any atom is -0.349 e. The second-order valence-corrected chi connectivity index (χ2v) is 4.75. The van der Waals surface area contributed by atoms with Gasteiger partial charge in [-0.1, -0.05) is 24.6 Å². The third-order valence-electron chi connectivity index (χ3n) is 3.13. The van der Waals surface area contributed by atoms with Gasteiger partial charge in [-0.15, -0.1) is 0 Å². The molecule has 1 atom stereocenters. The second-order valence-electron chi connectivity index (χ2n) is 4.34. The molecule has 0 bridgehead atoms. The number of hydrogen-bond acceptors (Lipinski definition) is 1. The maximum absolute atomic E-state index is 6.19. The van der Waals surface area contributed by atoms with Gasteiger partial charge in [0.1, 0.15) is 0 Å². The molecular formula is C13H17ClN2. The Labute approximate surface area is 101 Å². The van der Waals surface area contributed by atoms with E-state index in [9.17, 15) is 0 Å². The summed E-state index contributed by atoms with van der Waals surface area (Å²) in [6.45, 7) is 2.92. The fourth-order valence-electron chi connectivity index (χ4n) is 2.08. The number of halogens is 1. The number of aromatic nitrogens is 1. The molecule has 1 aromatic carbocycles. The lowest BCUT2D eigenvalue weighted by atomic mass is 9.97. The summed E-state index contributed by atoms with van der Waals surface area (Å²) in [5, 5.41) is 1.95. The molecule has 0 amide bonds. The summed E-state index contributed by atoms with van der Waals surface area (Å²) < 4.78 is 2.05. The normalized spacial score (nSPS) is 13.2. The smallest absolute Gasteiger partial charge is 0.0661 e. The van der Waals surface area contributed by atoms with Crippen molar-refractivity contribution < 1.29 is 0 Å². The van der Waals surface area contributed by atoms with Gasteiger partial charge in [0.15, 0.2) is 0 Å². The summed E-state index contributed by atoms with van der Waals surface area (Å²) in [7, 11) is 2.01. The molecule has 16 heavy (non-hydrogen) atoms. The molecule has 0 saturated heterocycles. The highest BCUT2D eigenvalue weighted by atomic mass is 35.5. The second kappa shape index (κ2) is 4.48. The summed E-state index contributed by atoms with van der Waals surface area (Å²) in [6, 6.07) is 6.47. The third-order valence-corrected chi connectivity index (χ3v) is 3.43. The summed E-state index contributed by atoms with van der Waals surface area (Å²) in [4.78, 5) is 0. The van der Waals surface area contributed by atoms with Crippen molar-refractivity contribution in [3.8, 4) is 0 Å². The van der Waals surface area contributed by atoms with E-state index in [-0.39, 0.29) is 0 Å². The molecule has 0 saturated carbocycles. The molecule has 1 aromatic heterocycles. The minimum absolute atomic E-state index is 0.491. The van der Waals surface area contributed by atoms with Crippen LogP contribution >= 0.6 is 11.6 Å². The summed E-state index contributed by atoms with van der Waals surface area (Å²) in [5.74, 6) is 0.491. The van der Waals surface area contributed by atoms with Gasteiger partial charge >= 0.3 is 0 Å². The fourth-order valence-corrected chi connectivity index (χ4v) is 2.38. The van der Waals surface area contributed by atoms with Gasteiger partial charge in [0.25, 0.3) is 0 Å². The van der Waals surface area contributed by atoms with Crippen LogP contribution in [0.5, 0.6) is 0 Å². The Hall–Kier alpha value is -0.990. The van der Waals surface area contributed by atoms with Gasteiger partial charge < -0.3 is 10.3 Å². The number of nitrogens with zero attached hydrogens (tertiary/aromatic N) is 1. The van der Waals surface area contributed by atoms with Gasteiger partial charge in [-0.2, -0.15) is 0 Å². The number of fused-ring (bicyclic) bond motifs is 1. The summed E-state index contributed by atoms with van der Waals surface area (Å²) >= 11 is 6.19. The first-order chi connectivity index (χ1) is 7.63. The largest absolute Gasteiger partial charge is 0.349 e. The monoisotopic (exact) mass is 236 g/mol. The highest BCUT2D eigenvalue weighted by Crippen LogP contribution is 2.29. The lowest BCUT2D eigenvalue weighted by Gasteiger charge is -2.10. The quantitative estimate of drug-likeness (QED) is 0.871. The van der Waals surface area contributed by atoms with E-state index >= 15 is 0 Å². The van der Waals surface area contributed by atoms with Crippen LogP contribution in [0.2, 0.25) is 5.02 Å². The Balaban J connectivity index is 2.47. The van der Waals surface area contributed by atoms with Gasteiger partial charge in [0, 0.05) is 24.1 Å². The zero-order chi connectivity index (χ0) is 11.7. The van der Waals surface area contributed by atoms with E-state index in [1.165, 1.54) is 11.1 Å². The van der Waals surface area contributed by atoms with Gasteiger partial charge in [0.2, 0.25) is 0 Å². The number of nitrogens with two attached hydrogens (primary N) is 1. The summed E-state index contributed by atoms with van der Waals surface area (Å²) in [5.41, 5.74) is 8.07. The predicted octanol–water partition coefficient (Wildman–Crippen LogP) is 3.28. The first kappa shape index (κ1) is 11.5. The molecule has 0 aliphatic carbocycles. The lowest BCUT2D eigenvalue weighted by molar-refractivity contribution is 0.691. The minimum atomic E-state index is 0.491. The Morgan fingerprint density at radius 1 is 1.44 bits per heavy atom. The maximum Gasteiger partial charge on any atom is 0.0661 e. The van der Waals surface area contributed by atoms with Gasteiger partial charge in [-0.05, 0) is 36.6 Å². The van der Waals surface area contributed by atoms with E-state index in [1.807, 2.05) is 13.2 Å². The number of hydrogen-bond donors (Lipinski definition) is 1. The molecule has 3 heteroatoms. The van der Waals surface area contributed by atoms with Crippen LogP contribution in [0.4, 0.5) is 0 Å². The zero-order valence-corrected chi connectivity index (χ0v) is 10.5. The fraction of sp³-hybridized carbons (Fsp3) is 0.385. The number of benzene rings is 1. The third kappa shape index (κ3) is 1.95. The molecule has 2 aromatic rings. The Morgan fingerprint density at radius 3 is 2.88 bits per heavy atom. The van der Waals surface area contributed by atoms with Crippen LogP contribution in [-0.2, 0) is 7.05 Å². The van der Waals surface area contributed by atoms with Crippen LogP contribution in [-0.4, -0.2) is 11.1 Å². The molecule has 0 aliphatic rings. The maximum atomic E-state index is 6.19. The topological polar surface area (TPSA) is 30.9 Å². The van der Waals surface area contributed by atoms with E-state index < -0.39 is 0 Å². The molecule has 1 heterocycles. The van der Waals surface area contributed by atoms with E-state index in [2.05, 4.69) is 29.7 Å². The van der Waals surface area contributed by atoms with Crippen LogP contribution < -0.4 is 5.73 Å². The van der Waals surface area contributed by atoms with Crippen LogP contribution in [0.3, 0.4) is 0 Å². The molecular weight excluding hydrogens is 220 g/mol. The highest BCUT2D eigenvalue weighted by molar-refractivity contribution is 6.35. The molecule has 86 valence electrons. The first-order valence-corrected chi connectivity index (χ1v) is 5.96. The average molecular weight is 237 g/mol. The SMILES string of the molecule is CC(CCN)c1ccc2c(c1)c(Cl)cn2C. The van der Waals surface area contributed by atoms with Crippen LogP contribution in [0.15, 0.2) is 24.4 Å². The molecule has 2 rings (SSSR count). The van der Waals surface area contributed by atoms with Crippen molar-refractivity contribution in [2.75, 3.05) is 6.54 Å². The molecule has 0 aliphatic heterocycles. The zero-order valence-electron chi connectivity index (χ0n) is 9.70. The van der Waals surface area contributed by atoms with Crippen LogP contribution in [0.25, 0.3) is 10.9 Å². The number of rotatable bonds is 3.